The summed E-state index contributed by atoms with van der Waals surface area (Å²) in [5, 5.41) is 3.07. The maximum atomic E-state index is 13.1. The summed E-state index contributed by atoms with van der Waals surface area (Å²) >= 11 is 6.10. The topological polar surface area (TPSA) is 84.5 Å². The first kappa shape index (κ1) is 22.7. The Labute approximate surface area is 187 Å². The number of carbonyl (C=O) groups is 1. The number of anilines is 2. The second-order valence-corrected chi connectivity index (χ2v) is 9.27. The van der Waals surface area contributed by atoms with Gasteiger partial charge in [-0.1, -0.05) is 29.8 Å². The predicted octanol–water partition coefficient (Wildman–Crippen LogP) is 5.33. The molecule has 1 amide bonds. The van der Waals surface area contributed by atoms with Gasteiger partial charge in [0, 0.05) is 11.3 Å². The molecule has 0 aliphatic carbocycles. The highest BCUT2D eigenvalue weighted by atomic mass is 35.5. The van der Waals surface area contributed by atoms with Gasteiger partial charge in [-0.05, 0) is 73.9 Å². The van der Waals surface area contributed by atoms with E-state index in [-0.39, 0.29) is 10.5 Å². The Bertz CT molecular complexity index is 1260. The lowest BCUT2D eigenvalue weighted by atomic mass is 10.1. The van der Waals surface area contributed by atoms with Gasteiger partial charge < -0.3 is 10.1 Å². The van der Waals surface area contributed by atoms with Crippen LogP contribution in [0, 0.1) is 20.8 Å². The van der Waals surface area contributed by atoms with E-state index in [0.29, 0.717) is 27.7 Å². The Kier molecular flexibility index (Phi) is 6.57. The molecule has 31 heavy (non-hydrogen) atoms. The smallest absolute Gasteiger partial charge is 0.262 e. The molecule has 3 aromatic carbocycles. The zero-order chi connectivity index (χ0) is 22.8. The predicted molar refractivity (Wildman–Crippen MR) is 124 cm³/mol. The van der Waals surface area contributed by atoms with Gasteiger partial charge >= 0.3 is 0 Å². The van der Waals surface area contributed by atoms with Crippen molar-refractivity contribution in [2.45, 2.75) is 25.7 Å². The summed E-state index contributed by atoms with van der Waals surface area (Å²) in [4.78, 5) is 12.8. The third-order valence-corrected chi connectivity index (χ3v) is 6.59. The summed E-state index contributed by atoms with van der Waals surface area (Å²) in [5.41, 5.74) is 3.44. The second-order valence-electron chi connectivity index (χ2n) is 7.21. The number of halogens is 1. The van der Waals surface area contributed by atoms with Crippen LogP contribution in [0.1, 0.15) is 27.0 Å². The van der Waals surface area contributed by atoms with Crippen molar-refractivity contribution in [1.82, 2.24) is 0 Å². The molecule has 0 heterocycles. The number of hydrogen-bond acceptors (Lipinski definition) is 4. The first-order chi connectivity index (χ1) is 14.6. The SMILES string of the molecule is COc1ccc(NC(=O)c2ccc(C)c(S(=O)(=O)Nc3cc(C)ccc3C)c2)cc1Cl. The van der Waals surface area contributed by atoms with Crippen LogP contribution < -0.4 is 14.8 Å². The number of benzene rings is 3. The van der Waals surface area contributed by atoms with Crippen LogP contribution in [0.2, 0.25) is 5.02 Å². The summed E-state index contributed by atoms with van der Waals surface area (Å²) in [6.07, 6.45) is 0. The molecule has 6 nitrogen and oxygen atoms in total. The zero-order valence-corrected chi connectivity index (χ0v) is 19.2. The molecule has 0 fully saturated rings. The van der Waals surface area contributed by atoms with Crippen molar-refractivity contribution in [1.29, 1.82) is 0 Å². The lowest BCUT2D eigenvalue weighted by molar-refractivity contribution is 0.102. The summed E-state index contributed by atoms with van der Waals surface area (Å²) in [6, 6.07) is 14.9. The average Bonchev–Trinajstić information content (AvgIpc) is 2.71. The molecular weight excluding hydrogens is 436 g/mol. The fourth-order valence-electron chi connectivity index (χ4n) is 3.02. The Hall–Kier alpha value is -3.03. The van der Waals surface area contributed by atoms with Gasteiger partial charge in [-0.3, -0.25) is 9.52 Å². The van der Waals surface area contributed by atoms with E-state index in [2.05, 4.69) is 10.0 Å². The van der Waals surface area contributed by atoms with E-state index in [9.17, 15) is 13.2 Å². The number of amides is 1. The van der Waals surface area contributed by atoms with Gasteiger partial charge in [0.2, 0.25) is 0 Å². The Morgan fingerprint density at radius 2 is 1.65 bits per heavy atom. The van der Waals surface area contributed by atoms with E-state index in [4.69, 9.17) is 16.3 Å². The molecule has 0 aliphatic heterocycles. The molecule has 0 unspecified atom stereocenters. The van der Waals surface area contributed by atoms with Crippen molar-refractivity contribution < 1.29 is 17.9 Å². The van der Waals surface area contributed by atoms with Gasteiger partial charge in [0.05, 0.1) is 22.7 Å². The molecule has 8 heteroatoms. The summed E-state index contributed by atoms with van der Waals surface area (Å²) in [7, 11) is -2.40. The van der Waals surface area contributed by atoms with Crippen molar-refractivity contribution >= 4 is 38.9 Å². The van der Waals surface area contributed by atoms with E-state index < -0.39 is 15.9 Å². The molecule has 2 N–H and O–H groups in total. The van der Waals surface area contributed by atoms with Crippen molar-refractivity contribution in [2.24, 2.45) is 0 Å². The van der Waals surface area contributed by atoms with Gasteiger partial charge in [-0.15, -0.1) is 0 Å². The van der Waals surface area contributed by atoms with Crippen molar-refractivity contribution in [3.63, 3.8) is 0 Å². The van der Waals surface area contributed by atoms with Crippen LogP contribution in [0.15, 0.2) is 59.5 Å². The van der Waals surface area contributed by atoms with Crippen molar-refractivity contribution in [3.8, 4) is 5.75 Å². The van der Waals surface area contributed by atoms with Crippen molar-refractivity contribution in [3.05, 3.63) is 81.9 Å². The molecule has 162 valence electrons. The van der Waals surface area contributed by atoms with Crippen molar-refractivity contribution in [2.75, 3.05) is 17.1 Å². The maximum Gasteiger partial charge on any atom is 0.262 e. The lowest BCUT2D eigenvalue weighted by Crippen LogP contribution is -2.17. The third kappa shape index (κ3) is 5.18. The van der Waals surface area contributed by atoms with Crippen LogP contribution in [0.25, 0.3) is 0 Å². The standard InChI is InChI=1S/C23H23ClN2O4S/c1-14-5-6-15(2)20(11-14)26-31(28,29)22-12-17(8-7-16(22)3)23(27)25-18-9-10-21(30-4)19(24)13-18/h5-13,26H,1-4H3,(H,25,27). The highest BCUT2D eigenvalue weighted by molar-refractivity contribution is 7.92. The first-order valence-corrected chi connectivity index (χ1v) is 11.3. The molecule has 0 spiro atoms. The minimum absolute atomic E-state index is 0.0359. The van der Waals surface area contributed by atoms with Gasteiger partial charge in [0.1, 0.15) is 5.75 Å². The van der Waals surface area contributed by atoms with Gasteiger partial charge in [0.15, 0.2) is 0 Å². The molecule has 3 aromatic rings. The number of aryl methyl sites for hydroxylation is 3. The lowest BCUT2D eigenvalue weighted by Gasteiger charge is -2.14. The van der Waals surface area contributed by atoms with E-state index in [1.54, 1.807) is 43.3 Å². The fraction of sp³-hybridized carbons (Fsp3) is 0.174. The van der Waals surface area contributed by atoms with Gasteiger partial charge in [-0.2, -0.15) is 0 Å². The second kappa shape index (κ2) is 8.99. The minimum atomic E-state index is -3.90. The number of methoxy groups -OCH3 is 1. The summed E-state index contributed by atoms with van der Waals surface area (Å²) in [6.45, 7) is 5.40. The molecule has 0 atom stereocenters. The number of sulfonamides is 1. The largest absolute Gasteiger partial charge is 0.495 e. The highest BCUT2D eigenvalue weighted by Crippen LogP contribution is 2.28. The number of carbonyl (C=O) groups excluding carboxylic acids is 1. The molecule has 0 bridgehead atoms. The van der Waals surface area contributed by atoms with Gasteiger partial charge in [0.25, 0.3) is 15.9 Å². The van der Waals surface area contributed by atoms with E-state index >= 15 is 0 Å². The quantitative estimate of drug-likeness (QED) is 0.523. The van der Waals surface area contributed by atoms with E-state index in [0.717, 1.165) is 11.1 Å². The number of hydrogen-bond donors (Lipinski definition) is 2. The van der Waals surface area contributed by atoms with Crippen LogP contribution in [-0.4, -0.2) is 21.4 Å². The van der Waals surface area contributed by atoms with Gasteiger partial charge in [-0.25, -0.2) is 8.42 Å². The van der Waals surface area contributed by atoms with Crippen LogP contribution >= 0.6 is 11.6 Å². The van der Waals surface area contributed by atoms with Crippen LogP contribution in [0.5, 0.6) is 5.75 Å². The molecule has 3 rings (SSSR count). The molecular formula is C23H23ClN2O4S. The van der Waals surface area contributed by atoms with Crippen LogP contribution in [-0.2, 0) is 10.0 Å². The third-order valence-electron chi connectivity index (χ3n) is 4.79. The molecule has 0 saturated heterocycles. The Morgan fingerprint density at radius 3 is 2.32 bits per heavy atom. The van der Waals surface area contributed by atoms with E-state index in [1.165, 1.54) is 13.2 Å². The average molecular weight is 459 g/mol. The molecule has 0 aromatic heterocycles. The fourth-order valence-corrected chi connectivity index (χ4v) is 4.67. The zero-order valence-electron chi connectivity index (χ0n) is 17.6. The number of ether oxygens (including phenoxy) is 1. The molecule has 0 saturated carbocycles. The molecule has 0 aliphatic rings. The Balaban J connectivity index is 1.89. The number of rotatable bonds is 6. The normalized spacial score (nSPS) is 11.1. The summed E-state index contributed by atoms with van der Waals surface area (Å²) in [5.74, 6) is 0.0327. The minimum Gasteiger partial charge on any atom is -0.495 e. The summed E-state index contributed by atoms with van der Waals surface area (Å²) < 4.78 is 33.9. The first-order valence-electron chi connectivity index (χ1n) is 9.46. The van der Waals surface area contributed by atoms with E-state index in [1.807, 2.05) is 26.0 Å². The monoisotopic (exact) mass is 458 g/mol. The maximum absolute atomic E-state index is 13.1. The highest BCUT2D eigenvalue weighted by Gasteiger charge is 2.20. The van der Waals surface area contributed by atoms with Crippen LogP contribution in [0.3, 0.4) is 0 Å². The van der Waals surface area contributed by atoms with Crippen LogP contribution in [0.4, 0.5) is 11.4 Å². The Morgan fingerprint density at radius 1 is 0.935 bits per heavy atom. The molecule has 0 radical (unpaired) electrons. The number of nitrogens with one attached hydrogen (secondary N) is 2.